The molecule has 0 bridgehead atoms. The highest BCUT2D eigenvalue weighted by atomic mass is 79.9. The summed E-state index contributed by atoms with van der Waals surface area (Å²) in [4.78, 5) is 1.91. The quantitative estimate of drug-likeness (QED) is 0.897. The minimum atomic E-state index is -0.230. The number of halogens is 2. The predicted octanol–water partition coefficient (Wildman–Crippen LogP) is 4.31. The van der Waals surface area contributed by atoms with Gasteiger partial charge in [-0.15, -0.1) is 11.3 Å². The number of nitrogens with two attached hydrogens (primary N) is 1. The van der Waals surface area contributed by atoms with Gasteiger partial charge in [-0.05, 0) is 51.5 Å². The van der Waals surface area contributed by atoms with Crippen molar-refractivity contribution in [3.63, 3.8) is 0 Å². The maximum atomic E-state index is 14.1. The van der Waals surface area contributed by atoms with E-state index in [0.29, 0.717) is 12.2 Å². The lowest BCUT2D eigenvalue weighted by atomic mass is 10.1. The topological polar surface area (TPSA) is 29.3 Å². The average Bonchev–Trinajstić information content (AvgIpc) is 2.74. The smallest absolute Gasteiger partial charge is 0.146 e. The van der Waals surface area contributed by atoms with Gasteiger partial charge in [-0.25, -0.2) is 4.39 Å². The Morgan fingerprint density at radius 3 is 2.79 bits per heavy atom. The normalized spacial score (nSPS) is 12.5. The van der Waals surface area contributed by atoms with Gasteiger partial charge < -0.3 is 10.6 Å². The lowest BCUT2D eigenvalue weighted by Gasteiger charge is -2.24. The van der Waals surface area contributed by atoms with E-state index in [0.717, 1.165) is 14.9 Å². The van der Waals surface area contributed by atoms with Gasteiger partial charge in [0.25, 0.3) is 0 Å². The Hall–Kier alpha value is -0.910. The average molecular weight is 343 g/mol. The van der Waals surface area contributed by atoms with Gasteiger partial charge >= 0.3 is 0 Å². The zero-order valence-electron chi connectivity index (χ0n) is 10.9. The molecule has 0 unspecified atom stereocenters. The van der Waals surface area contributed by atoms with Crippen molar-refractivity contribution in [2.24, 2.45) is 5.73 Å². The fourth-order valence-corrected chi connectivity index (χ4v) is 3.28. The van der Waals surface area contributed by atoms with E-state index in [9.17, 15) is 4.39 Å². The summed E-state index contributed by atoms with van der Waals surface area (Å²) in [5, 5.41) is 2.06. The Balaban J connectivity index is 2.30. The Kier molecular flexibility index (Phi) is 4.60. The van der Waals surface area contributed by atoms with E-state index in [-0.39, 0.29) is 11.9 Å². The molecular formula is C14H16BrFN2S. The summed E-state index contributed by atoms with van der Waals surface area (Å²) in [5.41, 5.74) is 8.48. The lowest BCUT2D eigenvalue weighted by Crippen LogP contribution is -2.21. The fraction of sp³-hybridized carbons (Fsp3) is 0.286. The summed E-state index contributed by atoms with van der Waals surface area (Å²) in [6.45, 7) is 2.52. The molecule has 0 aliphatic heterocycles. The van der Waals surface area contributed by atoms with Gasteiger partial charge in [0.1, 0.15) is 5.82 Å². The van der Waals surface area contributed by atoms with Crippen molar-refractivity contribution in [1.82, 2.24) is 0 Å². The number of para-hydroxylation sites is 1. The first kappa shape index (κ1) is 14.5. The third kappa shape index (κ3) is 3.35. The zero-order chi connectivity index (χ0) is 14.0. The molecule has 0 saturated heterocycles. The van der Waals surface area contributed by atoms with Crippen LogP contribution in [0.3, 0.4) is 0 Å². The molecule has 1 aromatic carbocycles. The molecule has 2 rings (SSSR count). The SMILES string of the molecule is C[C@H](N)c1cccc(F)c1N(C)Cc1csc(Br)c1. The molecule has 0 saturated carbocycles. The summed E-state index contributed by atoms with van der Waals surface area (Å²) in [5.74, 6) is -0.230. The highest BCUT2D eigenvalue weighted by Crippen LogP contribution is 2.30. The van der Waals surface area contributed by atoms with Crippen LogP contribution in [0.25, 0.3) is 0 Å². The number of thiophene rings is 1. The van der Waals surface area contributed by atoms with E-state index in [2.05, 4.69) is 21.3 Å². The van der Waals surface area contributed by atoms with E-state index < -0.39 is 0 Å². The third-order valence-corrected chi connectivity index (χ3v) is 4.49. The van der Waals surface area contributed by atoms with Crippen LogP contribution in [0.5, 0.6) is 0 Å². The van der Waals surface area contributed by atoms with Gasteiger partial charge in [0, 0.05) is 19.6 Å². The molecule has 0 aliphatic rings. The first-order valence-electron chi connectivity index (χ1n) is 5.97. The van der Waals surface area contributed by atoms with Crippen molar-refractivity contribution < 1.29 is 4.39 Å². The number of benzene rings is 1. The molecule has 2 N–H and O–H groups in total. The second-order valence-corrected chi connectivity index (χ2v) is 6.87. The monoisotopic (exact) mass is 342 g/mol. The summed E-state index contributed by atoms with van der Waals surface area (Å²) in [7, 11) is 1.88. The van der Waals surface area contributed by atoms with E-state index in [1.807, 2.05) is 31.0 Å². The minimum absolute atomic E-state index is 0.192. The molecule has 5 heteroatoms. The Labute approximate surface area is 125 Å². The van der Waals surface area contributed by atoms with Crippen LogP contribution in [0.1, 0.15) is 24.1 Å². The second-order valence-electron chi connectivity index (χ2n) is 4.58. The Bertz CT molecular complexity index is 568. The maximum absolute atomic E-state index is 14.1. The van der Waals surface area contributed by atoms with Crippen molar-refractivity contribution in [3.8, 4) is 0 Å². The summed E-state index contributed by atoms with van der Waals surface area (Å²) >= 11 is 5.06. The van der Waals surface area contributed by atoms with E-state index in [1.165, 1.54) is 6.07 Å². The van der Waals surface area contributed by atoms with Gasteiger partial charge in [0.15, 0.2) is 0 Å². The molecule has 0 spiro atoms. The minimum Gasteiger partial charge on any atom is -0.368 e. The molecule has 102 valence electrons. The molecule has 0 aliphatic carbocycles. The number of rotatable bonds is 4. The zero-order valence-corrected chi connectivity index (χ0v) is 13.3. The predicted molar refractivity (Wildman–Crippen MR) is 83.1 cm³/mol. The second kappa shape index (κ2) is 6.03. The standard InChI is InChI=1S/C14H16BrFN2S/c1-9(17)11-4-3-5-12(16)14(11)18(2)7-10-6-13(15)19-8-10/h3-6,8-9H,7,17H2,1-2H3/t9-/m0/s1. The van der Waals surface area contributed by atoms with E-state index in [1.54, 1.807) is 17.4 Å². The molecule has 1 atom stereocenters. The molecule has 2 nitrogen and oxygen atoms in total. The highest BCUT2D eigenvalue weighted by Gasteiger charge is 2.16. The van der Waals surface area contributed by atoms with Crippen molar-refractivity contribution >= 4 is 33.0 Å². The maximum Gasteiger partial charge on any atom is 0.146 e. The highest BCUT2D eigenvalue weighted by molar-refractivity contribution is 9.11. The van der Waals surface area contributed by atoms with Crippen LogP contribution >= 0.6 is 27.3 Å². The number of hydrogen-bond acceptors (Lipinski definition) is 3. The van der Waals surface area contributed by atoms with Crippen molar-refractivity contribution in [2.75, 3.05) is 11.9 Å². The van der Waals surface area contributed by atoms with E-state index in [4.69, 9.17) is 5.73 Å². The molecular weight excluding hydrogens is 327 g/mol. The first-order valence-corrected chi connectivity index (χ1v) is 7.64. The van der Waals surface area contributed by atoms with Gasteiger partial charge in [-0.2, -0.15) is 0 Å². The molecule has 1 heterocycles. The van der Waals surface area contributed by atoms with Crippen LogP contribution in [-0.4, -0.2) is 7.05 Å². The number of nitrogens with zero attached hydrogens (tertiary/aromatic N) is 1. The molecule has 0 amide bonds. The summed E-state index contributed by atoms with van der Waals surface area (Å²) in [6.07, 6.45) is 0. The number of hydrogen-bond donors (Lipinski definition) is 1. The molecule has 0 fully saturated rings. The molecule has 19 heavy (non-hydrogen) atoms. The van der Waals surface area contributed by atoms with Crippen LogP contribution < -0.4 is 10.6 Å². The largest absolute Gasteiger partial charge is 0.368 e. The summed E-state index contributed by atoms with van der Waals surface area (Å²) < 4.78 is 15.1. The van der Waals surface area contributed by atoms with Gasteiger partial charge in [-0.3, -0.25) is 0 Å². The molecule has 1 aromatic heterocycles. The van der Waals surface area contributed by atoms with Crippen molar-refractivity contribution in [1.29, 1.82) is 0 Å². The van der Waals surface area contributed by atoms with Gasteiger partial charge in [0.2, 0.25) is 0 Å². The molecule has 2 aromatic rings. The lowest BCUT2D eigenvalue weighted by molar-refractivity contribution is 0.616. The number of anilines is 1. The molecule has 0 radical (unpaired) electrons. The van der Waals surface area contributed by atoms with E-state index >= 15 is 0 Å². The third-order valence-electron chi connectivity index (χ3n) is 2.93. The van der Waals surface area contributed by atoms with Crippen LogP contribution in [-0.2, 0) is 6.54 Å². The van der Waals surface area contributed by atoms with Crippen molar-refractivity contribution in [2.45, 2.75) is 19.5 Å². The van der Waals surface area contributed by atoms with Crippen LogP contribution in [0.2, 0.25) is 0 Å². The van der Waals surface area contributed by atoms with Crippen molar-refractivity contribution in [3.05, 3.63) is 50.4 Å². The van der Waals surface area contributed by atoms with Gasteiger partial charge in [0.05, 0.1) is 9.47 Å². The summed E-state index contributed by atoms with van der Waals surface area (Å²) in [6, 6.07) is 6.91. The first-order chi connectivity index (χ1) is 8.99. The fourth-order valence-electron chi connectivity index (χ4n) is 2.08. The van der Waals surface area contributed by atoms with Crippen LogP contribution in [0.4, 0.5) is 10.1 Å². The van der Waals surface area contributed by atoms with Crippen LogP contribution in [0.15, 0.2) is 33.4 Å². The van der Waals surface area contributed by atoms with Gasteiger partial charge in [-0.1, -0.05) is 12.1 Å². The van der Waals surface area contributed by atoms with Crippen LogP contribution in [0, 0.1) is 5.82 Å². The Morgan fingerprint density at radius 1 is 1.47 bits per heavy atom. The Morgan fingerprint density at radius 2 is 2.21 bits per heavy atom.